The molecule has 136 valence electrons. The van der Waals surface area contributed by atoms with E-state index in [0.717, 1.165) is 10.5 Å². The molecule has 1 aromatic carbocycles. The fourth-order valence-corrected chi connectivity index (χ4v) is 2.07. The van der Waals surface area contributed by atoms with Crippen LogP contribution in [0.5, 0.6) is 0 Å². The van der Waals surface area contributed by atoms with E-state index in [1.165, 1.54) is 14.0 Å². The minimum absolute atomic E-state index is 0.00995. The number of carbonyl (C=O) groups excluding carboxylic acids is 1. The third kappa shape index (κ3) is 7.76. The van der Waals surface area contributed by atoms with Crippen LogP contribution in [-0.2, 0) is 20.9 Å². The van der Waals surface area contributed by atoms with Crippen LogP contribution in [0.25, 0.3) is 0 Å². The number of aliphatic hydroxyl groups is 1. The van der Waals surface area contributed by atoms with E-state index in [9.17, 15) is 23.1 Å². The summed E-state index contributed by atoms with van der Waals surface area (Å²) in [4.78, 5) is 12.8. The summed E-state index contributed by atoms with van der Waals surface area (Å²) in [5.74, 6) is -2.37. The number of aliphatic hydroxyl groups excluding tert-OH is 1. The number of ether oxygens (including phenoxy) is 2. The van der Waals surface area contributed by atoms with Gasteiger partial charge in [-0.05, 0) is 19.5 Å². The van der Waals surface area contributed by atoms with Crippen LogP contribution in [0.3, 0.4) is 0 Å². The number of hydrogen-bond donors (Lipinski definition) is 1. The van der Waals surface area contributed by atoms with Gasteiger partial charge in [-0.3, -0.25) is 9.69 Å². The lowest BCUT2D eigenvalue weighted by atomic mass is 10.1. The molecule has 0 radical (unpaired) electrons. The average molecular weight is 349 g/mol. The lowest BCUT2D eigenvalue weighted by Gasteiger charge is -2.27. The van der Waals surface area contributed by atoms with Crippen LogP contribution in [0.15, 0.2) is 30.3 Å². The highest BCUT2D eigenvalue weighted by Crippen LogP contribution is 2.26. The minimum atomic E-state index is -4.51. The number of hydrogen-bond acceptors (Lipinski definition) is 5. The van der Waals surface area contributed by atoms with Gasteiger partial charge in [0.05, 0.1) is 25.6 Å². The predicted molar refractivity (Wildman–Crippen MR) is 80.7 cm³/mol. The third-order valence-corrected chi connectivity index (χ3v) is 3.23. The van der Waals surface area contributed by atoms with E-state index in [0.29, 0.717) is 0 Å². The molecule has 2 unspecified atom stereocenters. The smallest absolute Gasteiger partial charge is 0.390 e. The Morgan fingerprint density at radius 2 is 1.92 bits per heavy atom. The van der Waals surface area contributed by atoms with E-state index >= 15 is 0 Å². The molecule has 0 amide bonds. The Hall–Kier alpha value is -1.64. The molecule has 1 N–H and O–H groups in total. The van der Waals surface area contributed by atoms with Crippen molar-refractivity contribution >= 4 is 5.97 Å². The number of halogens is 3. The lowest BCUT2D eigenvalue weighted by molar-refractivity contribution is -0.203. The van der Waals surface area contributed by atoms with Crippen molar-refractivity contribution < 1.29 is 32.5 Å². The molecule has 0 aliphatic rings. The molecule has 8 heteroatoms. The standard InChI is InChI=1S/C16H22F3NO4/c1-3-23-14(21)13(9-16(17,18)19)10-20(2)15(22)24-11-12-7-5-4-6-8-12/h4-8,13,15,22H,3,9-11H2,1-2H3. The highest BCUT2D eigenvalue weighted by atomic mass is 19.4. The van der Waals surface area contributed by atoms with Crippen molar-refractivity contribution in [2.45, 2.75) is 32.5 Å². The molecular formula is C16H22F3NO4. The second-order valence-electron chi connectivity index (χ2n) is 5.33. The molecule has 0 saturated heterocycles. The summed E-state index contributed by atoms with van der Waals surface area (Å²) in [6.45, 7) is 1.26. The van der Waals surface area contributed by atoms with Crippen molar-refractivity contribution in [3.8, 4) is 0 Å². The zero-order valence-corrected chi connectivity index (χ0v) is 13.6. The minimum Gasteiger partial charge on any atom is -0.466 e. The van der Waals surface area contributed by atoms with Gasteiger partial charge in [0.15, 0.2) is 0 Å². The van der Waals surface area contributed by atoms with Gasteiger partial charge in [0.2, 0.25) is 6.41 Å². The summed E-state index contributed by atoms with van der Waals surface area (Å²) < 4.78 is 47.7. The molecule has 0 bridgehead atoms. The van der Waals surface area contributed by atoms with Crippen LogP contribution in [0.4, 0.5) is 13.2 Å². The first kappa shape index (κ1) is 20.4. The van der Waals surface area contributed by atoms with Crippen LogP contribution >= 0.6 is 0 Å². The monoisotopic (exact) mass is 349 g/mol. The molecule has 1 rings (SSSR count). The summed E-state index contributed by atoms with van der Waals surface area (Å²) in [6, 6.07) is 9.01. The number of esters is 1. The highest BCUT2D eigenvalue weighted by Gasteiger charge is 2.37. The summed E-state index contributed by atoms with van der Waals surface area (Å²) in [5.41, 5.74) is 0.808. The van der Waals surface area contributed by atoms with E-state index in [1.54, 1.807) is 24.3 Å². The van der Waals surface area contributed by atoms with Crippen LogP contribution in [0, 0.1) is 5.92 Å². The summed E-state index contributed by atoms with van der Waals surface area (Å²) in [7, 11) is 1.37. The van der Waals surface area contributed by atoms with Gasteiger partial charge < -0.3 is 14.6 Å². The maximum Gasteiger partial charge on any atom is 0.390 e. The van der Waals surface area contributed by atoms with Crippen molar-refractivity contribution in [1.82, 2.24) is 4.90 Å². The van der Waals surface area contributed by atoms with Crippen molar-refractivity contribution in [1.29, 1.82) is 0 Å². The molecule has 24 heavy (non-hydrogen) atoms. The Bertz CT molecular complexity index is 496. The van der Waals surface area contributed by atoms with Gasteiger partial charge in [0.25, 0.3) is 0 Å². The number of alkyl halides is 3. The Labute approximate surface area is 139 Å². The summed E-state index contributed by atoms with van der Waals surface area (Å²) in [5, 5.41) is 9.91. The van der Waals surface area contributed by atoms with E-state index < -0.39 is 30.9 Å². The Morgan fingerprint density at radius 1 is 1.29 bits per heavy atom. The van der Waals surface area contributed by atoms with E-state index in [2.05, 4.69) is 4.74 Å². The second kappa shape index (κ2) is 9.61. The van der Waals surface area contributed by atoms with Crippen molar-refractivity contribution in [2.75, 3.05) is 20.2 Å². The molecule has 0 aliphatic heterocycles. The first-order chi connectivity index (χ1) is 11.2. The molecule has 2 atom stereocenters. The average Bonchev–Trinajstić information content (AvgIpc) is 2.51. The quantitative estimate of drug-likeness (QED) is 0.548. The zero-order valence-electron chi connectivity index (χ0n) is 13.6. The predicted octanol–water partition coefficient (Wildman–Crippen LogP) is 2.54. The Balaban J connectivity index is 2.58. The van der Waals surface area contributed by atoms with Crippen LogP contribution in [-0.4, -0.2) is 48.8 Å². The normalized spacial score (nSPS) is 14.5. The summed E-state index contributed by atoms with van der Waals surface area (Å²) in [6.07, 6.45) is -7.26. The first-order valence-corrected chi connectivity index (χ1v) is 7.50. The van der Waals surface area contributed by atoms with Crippen molar-refractivity contribution in [3.05, 3.63) is 35.9 Å². The molecular weight excluding hydrogens is 327 g/mol. The van der Waals surface area contributed by atoms with Gasteiger partial charge in [-0.15, -0.1) is 0 Å². The van der Waals surface area contributed by atoms with Crippen LogP contribution in [0.1, 0.15) is 18.9 Å². The van der Waals surface area contributed by atoms with E-state index in [-0.39, 0.29) is 19.8 Å². The molecule has 0 aliphatic carbocycles. The third-order valence-electron chi connectivity index (χ3n) is 3.23. The maximum atomic E-state index is 12.6. The van der Waals surface area contributed by atoms with Gasteiger partial charge in [-0.2, -0.15) is 13.2 Å². The number of nitrogens with zero attached hydrogens (tertiary/aromatic N) is 1. The largest absolute Gasteiger partial charge is 0.466 e. The lowest BCUT2D eigenvalue weighted by Crippen LogP contribution is -2.41. The van der Waals surface area contributed by atoms with Crippen LogP contribution < -0.4 is 0 Å². The van der Waals surface area contributed by atoms with Gasteiger partial charge >= 0.3 is 12.1 Å². The van der Waals surface area contributed by atoms with Crippen molar-refractivity contribution in [3.63, 3.8) is 0 Å². The fourth-order valence-electron chi connectivity index (χ4n) is 2.07. The zero-order chi connectivity index (χ0) is 18.2. The number of benzene rings is 1. The SMILES string of the molecule is CCOC(=O)C(CN(C)C(O)OCc1ccccc1)CC(F)(F)F. The number of rotatable bonds is 9. The maximum absolute atomic E-state index is 12.6. The molecule has 1 aromatic rings. The van der Waals surface area contributed by atoms with Gasteiger partial charge in [0.1, 0.15) is 0 Å². The van der Waals surface area contributed by atoms with Crippen LogP contribution in [0.2, 0.25) is 0 Å². The number of carbonyl (C=O) groups is 1. The molecule has 5 nitrogen and oxygen atoms in total. The molecule has 0 saturated carbocycles. The van der Waals surface area contributed by atoms with Gasteiger partial charge in [-0.25, -0.2) is 0 Å². The summed E-state index contributed by atoms with van der Waals surface area (Å²) >= 11 is 0. The second-order valence-corrected chi connectivity index (χ2v) is 5.33. The topological polar surface area (TPSA) is 59.0 Å². The van der Waals surface area contributed by atoms with E-state index in [4.69, 9.17) is 4.74 Å². The molecule has 0 aromatic heterocycles. The van der Waals surface area contributed by atoms with E-state index in [1.807, 2.05) is 6.07 Å². The Morgan fingerprint density at radius 3 is 2.46 bits per heavy atom. The van der Waals surface area contributed by atoms with Crippen molar-refractivity contribution in [2.24, 2.45) is 5.92 Å². The van der Waals surface area contributed by atoms with Gasteiger partial charge in [0, 0.05) is 6.54 Å². The molecule has 0 heterocycles. The highest BCUT2D eigenvalue weighted by molar-refractivity contribution is 5.72. The Kier molecular flexibility index (Phi) is 8.17. The van der Waals surface area contributed by atoms with Gasteiger partial charge in [-0.1, -0.05) is 30.3 Å². The molecule has 0 fully saturated rings. The first-order valence-electron chi connectivity index (χ1n) is 7.50. The molecule has 0 spiro atoms. The fraction of sp³-hybridized carbons (Fsp3) is 0.562.